The van der Waals surface area contributed by atoms with Crippen LogP contribution in [0.5, 0.6) is 0 Å². The molecule has 0 unspecified atom stereocenters. The number of nitrogens with zero attached hydrogens (tertiary/aromatic N) is 3. The Hall–Kier alpha value is -4.02. The standard InChI is InChI=1S/C25H28N.C17H11N2S.Ir/c1-17-7-10-22(24-13-18(2)19(3)16-26-24)14-23(17)21-11-8-20(9-12-21)15-25(4,5)6;1-11-6-7-18-9-13(11)15-8-17-14(10-19-15)12-4-2-3-5-16(12)20-17;/h7-9,11-14,16H,15H2,1-6H3;2-8,10H,1H3;/q2*-1;. The first-order valence-electron chi connectivity index (χ1n) is 15.7. The Labute approximate surface area is 296 Å². The predicted molar refractivity (Wildman–Crippen MR) is 195 cm³/mol. The quantitative estimate of drug-likeness (QED) is 0.166. The molecule has 4 aromatic heterocycles. The minimum atomic E-state index is 0. The van der Waals surface area contributed by atoms with Gasteiger partial charge in [0.1, 0.15) is 0 Å². The molecule has 0 fully saturated rings. The topological polar surface area (TPSA) is 38.7 Å². The van der Waals surface area contributed by atoms with Gasteiger partial charge in [0.2, 0.25) is 0 Å². The smallest absolute Gasteiger partial charge is 0.0355 e. The second-order valence-corrected chi connectivity index (χ2v) is 14.4. The molecule has 0 saturated heterocycles. The fourth-order valence-electron chi connectivity index (χ4n) is 5.65. The molecule has 0 atom stereocenters. The van der Waals surface area contributed by atoms with E-state index >= 15 is 0 Å². The number of aryl methyl sites for hydroxylation is 4. The van der Waals surface area contributed by atoms with E-state index in [4.69, 9.17) is 0 Å². The van der Waals surface area contributed by atoms with Gasteiger partial charge in [-0.2, -0.15) is 0 Å². The minimum absolute atomic E-state index is 0. The molecule has 3 aromatic carbocycles. The molecule has 47 heavy (non-hydrogen) atoms. The molecule has 4 heterocycles. The van der Waals surface area contributed by atoms with Crippen molar-refractivity contribution in [2.75, 3.05) is 0 Å². The Bertz CT molecular complexity index is 2160. The van der Waals surface area contributed by atoms with E-state index in [0.29, 0.717) is 5.41 Å². The van der Waals surface area contributed by atoms with Crippen LogP contribution in [-0.2, 0) is 26.5 Å². The summed E-state index contributed by atoms with van der Waals surface area (Å²) in [6, 6.07) is 31.4. The van der Waals surface area contributed by atoms with Gasteiger partial charge in [0.15, 0.2) is 0 Å². The molecule has 0 saturated carbocycles. The number of rotatable bonds is 4. The molecule has 0 N–H and O–H groups in total. The maximum Gasteiger partial charge on any atom is 0.0355 e. The van der Waals surface area contributed by atoms with Gasteiger partial charge < -0.3 is 15.0 Å². The summed E-state index contributed by atoms with van der Waals surface area (Å²) in [7, 11) is 0. The molecular weight excluding hydrogens is 771 g/mol. The van der Waals surface area contributed by atoms with Crippen LogP contribution >= 0.6 is 11.3 Å². The van der Waals surface area contributed by atoms with Crippen LogP contribution in [0.15, 0.2) is 97.5 Å². The summed E-state index contributed by atoms with van der Waals surface area (Å²) in [5, 5.41) is 2.49. The zero-order valence-corrected chi connectivity index (χ0v) is 31.2. The molecule has 7 rings (SSSR count). The summed E-state index contributed by atoms with van der Waals surface area (Å²) < 4.78 is 2.56. The van der Waals surface area contributed by atoms with Gasteiger partial charge in [-0.3, -0.25) is 0 Å². The number of hydrogen-bond acceptors (Lipinski definition) is 4. The third-order valence-corrected chi connectivity index (χ3v) is 9.43. The first-order valence-corrected chi connectivity index (χ1v) is 16.5. The summed E-state index contributed by atoms with van der Waals surface area (Å²) in [5.41, 5.74) is 13.0. The van der Waals surface area contributed by atoms with Crippen molar-refractivity contribution in [3.63, 3.8) is 0 Å². The Kier molecular flexibility index (Phi) is 10.5. The third-order valence-electron chi connectivity index (χ3n) is 8.29. The SMILES string of the molecule is Cc1ccn[c-]c1-c1cc2sc3ccccc3c2cn1.Cc1cnc(-c2[c-]cc(C)c(-c3ccc(CC(C)(C)C)cc3)c2)cc1C.[Ir]. The van der Waals surface area contributed by atoms with E-state index in [1.54, 1.807) is 17.5 Å². The van der Waals surface area contributed by atoms with E-state index in [0.717, 1.165) is 34.5 Å². The van der Waals surface area contributed by atoms with E-state index in [1.165, 1.54) is 53.6 Å². The Morgan fingerprint density at radius 2 is 1.45 bits per heavy atom. The molecule has 0 aliphatic carbocycles. The number of fused-ring (bicyclic) bond motifs is 3. The maximum atomic E-state index is 4.60. The van der Waals surface area contributed by atoms with Crippen molar-refractivity contribution in [2.24, 2.45) is 5.41 Å². The second kappa shape index (κ2) is 14.4. The van der Waals surface area contributed by atoms with Gasteiger partial charge in [-0.25, -0.2) is 0 Å². The molecule has 0 spiro atoms. The van der Waals surface area contributed by atoms with Crippen LogP contribution in [0.25, 0.3) is 53.8 Å². The zero-order valence-electron chi connectivity index (χ0n) is 28.0. The first-order chi connectivity index (χ1) is 22.1. The van der Waals surface area contributed by atoms with Crippen molar-refractivity contribution < 1.29 is 20.1 Å². The largest absolute Gasteiger partial charge is 0.360 e. The van der Waals surface area contributed by atoms with E-state index < -0.39 is 0 Å². The fraction of sp³-hybridized carbons (Fsp3) is 0.214. The van der Waals surface area contributed by atoms with Gasteiger partial charge in [0.25, 0.3) is 0 Å². The van der Waals surface area contributed by atoms with E-state index in [2.05, 4.69) is 148 Å². The van der Waals surface area contributed by atoms with E-state index in [9.17, 15) is 0 Å². The number of pyridine rings is 3. The molecule has 239 valence electrons. The van der Waals surface area contributed by atoms with E-state index in [1.807, 2.05) is 18.5 Å². The molecule has 0 bridgehead atoms. The molecule has 3 nitrogen and oxygen atoms in total. The van der Waals surface area contributed by atoms with Crippen molar-refractivity contribution in [1.82, 2.24) is 15.0 Å². The van der Waals surface area contributed by atoms with E-state index in [-0.39, 0.29) is 20.1 Å². The monoisotopic (exact) mass is 810 g/mol. The van der Waals surface area contributed by atoms with Crippen LogP contribution < -0.4 is 0 Å². The van der Waals surface area contributed by atoms with Crippen LogP contribution in [0, 0.1) is 45.4 Å². The van der Waals surface area contributed by atoms with Gasteiger partial charge in [0, 0.05) is 52.7 Å². The maximum absolute atomic E-state index is 4.60. The average Bonchev–Trinajstić information content (AvgIpc) is 3.41. The van der Waals surface area contributed by atoms with Gasteiger partial charge >= 0.3 is 0 Å². The molecular formula is C42H39IrN3S-2. The molecule has 7 aromatic rings. The van der Waals surface area contributed by atoms with Crippen LogP contribution in [0.2, 0.25) is 0 Å². The summed E-state index contributed by atoms with van der Waals surface area (Å²) in [6.07, 6.45) is 9.80. The van der Waals surface area contributed by atoms with Crippen LogP contribution in [0.4, 0.5) is 0 Å². The molecule has 5 heteroatoms. The van der Waals surface area contributed by atoms with Crippen molar-refractivity contribution >= 4 is 31.5 Å². The summed E-state index contributed by atoms with van der Waals surface area (Å²) in [5.74, 6) is 0. The van der Waals surface area contributed by atoms with Crippen molar-refractivity contribution in [3.8, 4) is 33.6 Å². The van der Waals surface area contributed by atoms with Crippen molar-refractivity contribution in [2.45, 2.75) is 54.9 Å². The van der Waals surface area contributed by atoms with Crippen LogP contribution in [0.1, 0.15) is 48.6 Å². The number of aromatic nitrogens is 3. The fourth-order valence-corrected chi connectivity index (χ4v) is 6.76. The third kappa shape index (κ3) is 7.93. The van der Waals surface area contributed by atoms with Gasteiger partial charge in [-0.15, -0.1) is 57.9 Å². The summed E-state index contributed by atoms with van der Waals surface area (Å²) in [6.45, 7) is 15.3. The Morgan fingerprint density at radius 1 is 0.702 bits per heavy atom. The second-order valence-electron chi connectivity index (χ2n) is 13.3. The predicted octanol–water partition coefficient (Wildman–Crippen LogP) is 11.3. The normalized spacial score (nSPS) is 11.2. The average molecular weight is 810 g/mol. The molecule has 0 amide bonds. The van der Waals surface area contributed by atoms with Crippen LogP contribution in [-0.4, -0.2) is 15.0 Å². The summed E-state index contributed by atoms with van der Waals surface area (Å²) >= 11 is 1.80. The van der Waals surface area contributed by atoms with Crippen LogP contribution in [0.3, 0.4) is 0 Å². The number of hydrogen-bond donors (Lipinski definition) is 0. The molecule has 0 aliphatic rings. The first kappa shape index (κ1) is 34.3. The Morgan fingerprint density at radius 3 is 2.17 bits per heavy atom. The Balaban J connectivity index is 0.000000186. The molecule has 1 radical (unpaired) electrons. The number of thiophene rings is 1. The minimum Gasteiger partial charge on any atom is -0.360 e. The van der Waals surface area contributed by atoms with Crippen molar-refractivity contribution in [3.05, 3.63) is 138 Å². The zero-order chi connectivity index (χ0) is 32.4. The van der Waals surface area contributed by atoms with Gasteiger partial charge in [-0.05, 0) is 66.0 Å². The molecule has 0 aliphatic heterocycles. The number of benzene rings is 3. The van der Waals surface area contributed by atoms with Gasteiger partial charge in [-0.1, -0.05) is 107 Å². The van der Waals surface area contributed by atoms with Crippen molar-refractivity contribution in [1.29, 1.82) is 0 Å². The summed E-state index contributed by atoms with van der Waals surface area (Å²) in [4.78, 5) is 13.3. The van der Waals surface area contributed by atoms with Gasteiger partial charge in [0.05, 0.1) is 0 Å².